The van der Waals surface area contributed by atoms with Gasteiger partial charge in [0, 0.05) is 4.83 Å². The largest absolute Gasteiger partial charge is 0.0836 e. The van der Waals surface area contributed by atoms with Crippen LogP contribution in [-0.2, 0) is 0 Å². The molecule has 1 aliphatic carbocycles. The van der Waals surface area contributed by atoms with Gasteiger partial charge in [0.05, 0.1) is 0 Å². The van der Waals surface area contributed by atoms with Gasteiger partial charge in [-0.3, -0.25) is 0 Å². The third kappa shape index (κ3) is 1.80. The third-order valence-electron chi connectivity index (χ3n) is 3.06. The first kappa shape index (κ1) is 9.26. The molecule has 0 aromatic heterocycles. The highest BCUT2D eigenvalue weighted by molar-refractivity contribution is 9.09. The summed E-state index contributed by atoms with van der Waals surface area (Å²) in [6.45, 7) is 4.68. The number of rotatable bonds is 2. The molecule has 1 heteroatoms. The zero-order chi connectivity index (χ0) is 9.47. The van der Waals surface area contributed by atoms with Crippen molar-refractivity contribution in [1.29, 1.82) is 0 Å². The zero-order valence-electron chi connectivity index (χ0n) is 8.13. The number of benzene rings is 1. The van der Waals surface area contributed by atoms with E-state index in [0.717, 1.165) is 5.92 Å². The maximum absolute atomic E-state index is 3.79. The number of hydrogen-bond donors (Lipinski definition) is 0. The van der Waals surface area contributed by atoms with Crippen molar-refractivity contribution in [1.82, 2.24) is 0 Å². The second kappa shape index (κ2) is 3.13. The Morgan fingerprint density at radius 1 is 1.31 bits per heavy atom. The minimum absolute atomic E-state index is 0.545. The fraction of sp³-hybridized carbons (Fsp3) is 0.500. The molecule has 0 nitrogen and oxygen atoms in total. The Bertz CT molecular complexity index is 289. The van der Waals surface area contributed by atoms with Gasteiger partial charge in [-0.05, 0) is 23.3 Å². The second-order valence-corrected chi connectivity index (χ2v) is 5.60. The minimum atomic E-state index is 0.545. The summed E-state index contributed by atoms with van der Waals surface area (Å²) in [5.74, 6) is 0.815. The van der Waals surface area contributed by atoms with Gasteiger partial charge in [-0.25, -0.2) is 0 Å². The van der Waals surface area contributed by atoms with E-state index in [0.29, 0.717) is 10.2 Å². The SMILES string of the molecule is CC1(C)CC1C(Br)c1ccccc1. The van der Waals surface area contributed by atoms with Crippen LogP contribution in [0.25, 0.3) is 0 Å². The van der Waals surface area contributed by atoms with Crippen LogP contribution in [-0.4, -0.2) is 0 Å². The standard InChI is InChI=1S/C12H15Br/c1-12(2)8-10(12)11(13)9-6-4-3-5-7-9/h3-7,10-11H,8H2,1-2H3. The van der Waals surface area contributed by atoms with E-state index in [4.69, 9.17) is 0 Å². The van der Waals surface area contributed by atoms with Gasteiger partial charge < -0.3 is 0 Å². The molecule has 0 aliphatic heterocycles. The molecule has 1 fully saturated rings. The molecule has 0 N–H and O–H groups in total. The average molecular weight is 239 g/mol. The van der Waals surface area contributed by atoms with Crippen molar-refractivity contribution in [3.63, 3.8) is 0 Å². The van der Waals surface area contributed by atoms with Crippen molar-refractivity contribution in [2.75, 3.05) is 0 Å². The number of alkyl halides is 1. The highest BCUT2D eigenvalue weighted by Gasteiger charge is 2.49. The van der Waals surface area contributed by atoms with Gasteiger partial charge in [0.2, 0.25) is 0 Å². The molecule has 0 amide bonds. The van der Waals surface area contributed by atoms with Crippen LogP contribution in [0.1, 0.15) is 30.7 Å². The van der Waals surface area contributed by atoms with Crippen LogP contribution in [0.2, 0.25) is 0 Å². The van der Waals surface area contributed by atoms with Crippen LogP contribution in [0.15, 0.2) is 30.3 Å². The molecule has 0 heterocycles. The van der Waals surface area contributed by atoms with Crippen molar-refractivity contribution in [2.24, 2.45) is 11.3 Å². The molecule has 13 heavy (non-hydrogen) atoms. The van der Waals surface area contributed by atoms with E-state index in [2.05, 4.69) is 60.1 Å². The van der Waals surface area contributed by atoms with Crippen molar-refractivity contribution in [2.45, 2.75) is 25.1 Å². The predicted octanol–water partition coefficient (Wildman–Crippen LogP) is 4.17. The molecule has 2 rings (SSSR count). The first-order valence-electron chi connectivity index (χ1n) is 4.80. The lowest BCUT2D eigenvalue weighted by atomic mass is 10.0. The number of hydrogen-bond acceptors (Lipinski definition) is 0. The predicted molar refractivity (Wildman–Crippen MR) is 60.0 cm³/mol. The highest BCUT2D eigenvalue weighted by Crippen LogP contribution is 2.60. The summed E-state index contributed by atoms with van der Waals surface area (Å²) in [5.41, 5.74) is 1.96. The van der Waals surface area contributed by atoms with Crippen LogP contribution in [0.5, 0.6) is 0 Å². The minimum Gasteiger partial charge on any atom is -0.0836 e. The van der Waals surface area contributed by atoms with Gasteiger partial charge in [0.15, 0.2) is 0 Å². The second-order valence-electron chi connectivity index (χ2n) is 4.61. The summed E-state index contributed by atoms with van der Waals surface area (Å²) >= 11 is 3.79. The normalized spacial score (nSPS) is 26.8. The molecular formula is C12H15Br. The monoisotopic (exact) mass is 238 g/mol. The molecule has 1 aromatic carbocycles. The van der Waals surface area contributed by atoms with E-state index >= 15 is 0 Å². The summed E-state index contributed by atoms with van der Waals surface area (Å²) in [6.07, 6.45) is 1.35. The van der Waals surface area contributed by atoms with Crippen LogP contribution in [0, 0.1) is 11.3 Å². The molecule has 2 atom stereocenters. The lowest BCUT2D eigenvalue weighted by Gasteiger charge is -2.11. The van der Waals surface area contributed by atoms with E-state index in [1.54, 1.807) is 0 Å². The Morgan fingerprint density at radius 3 is 2.31 bits per heavy atom. The molecule has 0 bridgehead atoms. The third-order valence-corrected chi connectivity index (χ3v) is 4.23. The van der Waals surface area contributed by atoms with E-state index in [1.807, 2.05) is 0 Å². The molecule has 0 saturated heterocycles. The fourth-order valence-electron chi connectivity index (χ4n) is 1.88. The van der Waals surface area contributed by atoms with Crippen molar-refractivity contribution in [3.05, 3.63) is 35.9 Å². The Hall–Kier alpha value is -0.300. The molecular weight excluding hydrogens is 224 g/mol. The van der Waals surface area contributed by atoms with Crippen molar-refractivity contribution < 1.29 is 0 Å². The Kier molecular flexibility index (Phi) is 2.23. The van der Waals surface area contributed by atoms with Gasteiger partial charge in [-0.15, -0.1) is 0 Å². The van der Waals surface area contributed by atoms with E-state index in [-0.39, 0.29) is 0 Å². The van der Waals surface area contributed by atoms with Crippen molar-refractivity contribution in [3.8, 4) is 0 Å². The summed E-state index contributed by atoms with van der Waals surface area (Å²) in [6, 6.07) is 10.7. The van der Waals surface area contributed by atoms with E-state index in [9.17, 15) is 0 Å². The fourth-order valence-corrected chi connectivity index (χ4v) is 3.08. The van der Waals surface area contributed by atoms with Crippen LogP contribution >= 0.6 is 15.9 Å². The Labute approximate surface area is 88.5 Å². The van der Waals surface area contributed by atoms with Gasteiger partial charge in [0.25, 0.3) is 0 Å². The van der Waals surface area contributed by atoms with Crippen molar-refractivity contribution >= 4 is 15.9 Å². The number of halogens is 1. The summed E-state index contributed by atoms with van der Waals surface area (Å²) in [5, 5.41) is 0. The van der Waals surface area contributed by atoms with Gasteiger partial charge in [-0.1, -0.05) is 60.1 Å². The van der Waals surface area contributed by atoms with E-state index in [1.165, 1.54) is 12.0 Å². The Balaban J connectivity index is 2.12. The van der Waals surface area contributed by atoms with Crippen LogP contribution in [0.3, 0.4) is 0 Å². The Morgan fingerprint density at radius 2 is 1.85 bits per heavy atom. The maximum atomic E-state index is 3.79. The lowest BCUT2D eigenvalue weighted by molar-refractivity contribution is 0.555. The lowest BCUT2D eigenvalue weighted by Crippen LogP contribution is -1.98. The molecule has 2 unspecified atom stereocenters. The zero-order valence-corrected chi connectivity index (χ0v) is 9.71. The van der Waals surface area contributed by atoms with E-state index < -0.39 is 0 Å². The average Bonchev–Trinajstić information content (AvgIpc) is 2.76. The summed E-state index contributed by atoms with van der Waals surface area (Å²) in [4.78, 5) is 0.545. The van der Waals surface area contributed by atoms with Gasteiger partial charge in [0.1, 0.15) is 0 Å². The quantitative estimate of drug-likeness (QED) is 0.679. The van der Waals surface area contributed by atoms with Crippen LogP contribution in [0.4, 0.5) is 0 Å². The molecule has 0 radical (unpaired) electrons. The first-order valence-corrected chi connectivity index (χ1v) is 5.72. The summed E-state index contributed by atoms with van der Waals surface area (Å²) < 4.78 is 0. The molecule has 70 valence electrons. The summed E-state index contributed by atoms with van der Waals surface area (Å²) in [7, 11) is 0. The van der Waals surface area contributed by atoms with Gasteiger partial charge in [-0.2, -0.15) is 0 Å². The smallest absolute Gasteiger partial charge is 0.0428 e. The topological polar surface area (TPSA) is 0 Å². The van der Waals surface area contributed by atoms with Crippen LogP contribution < -0.4 is 0 Å². The first-order chi connectivity index (χ1) is 6.11. The van der Waals surface area contributed by atoms with Gasteiger partial charge >= 0.3 is 0 Å². The molecule has 1 aromatic rings. The highest BCUT2D eigenvalue weighted by atomic mass is 79.9. The molecule has 1 saturated carbocycles. The molecule has 0 spiro atoms. The maximum Gasteiger partial charge on any atom is 0.0428 e. The molecule has 1 aliphatic rings.